The van der Waals surface area contributed by atoms with Crippen molar-refractivity contribution in [3.63, 3.8) is 0 Å². The summed E-state index contributed by atoms with van der Waals surface area (Å²) in [6.07, 6.45) is 0.497. The highest BCUT2D eigenvalue weighted by Crippen LogP contribution is 2.33. The molecule has 10 heteroatoms. The van der Waals surface area contributed by atoms with Gasteiger partial charge in [0.05, 0.1) is 5.69 Å². The maximum absolute atomic E-state index is 13.0. The van der Waals surface area contributed by atoms with Gasteiger partial charge in [0.1, 0.15) is 24.2 Å². The molecule has 176 valence electrons. The molecule has 3 aromatic rings. The number of nitrogens with one attached hydrogen (secondary N) is 3. The molecule has 2 heterocycles. The molecule has 3 N–H and O–H groups in total. The molecule has 0 spiro atoms. The molecule has 34 heavy (non-hydrogen) atoms. The first-order valence-electron chi connectivity index (χ1n) is 10.8. The van der Waals surface area contributed by atoms with Crippen LogP contribution < -0.4 is 25.6 Å². The lowest BCUT2D eigenvalue weighted by Crippen LogP contribution is -2.49. The predicted molar refractivity (Wildman–Crippen MR) is 125 cm³/mol. The number of fused-ring (bicyclic) bond motifs is 1. The van der Waals surface area contributed by atoms with Gasteiger partial charge in [0.2, 0.25) is 0 Å². The summed E-state index contributed by atoms with van der Waals surface area (Å²) in [5.41, 5.74) is 2.08. The third kappa shape index (κ3) is 5.17. The zero-order valence-corrected chi connectivity index (χ0v) is 18.8. The Bertz CT molecular complexity index is 1190. The molecule has 1 aromatic heterocycles. The smallest absolute Gasteiger partial charge is 0.319 e. The lowest BCUT2D eigenvalue weighted by atomic mass is 10.1. The number of anilines is 2. The molecular formula is C24H25N5O5. The maximum atomic E-state index is 13.0. The Kier molecular flexibility index (Phi) is 6.77. The minimum atomic E-state index is -0.932. The number of urea groups is 1. The topological polar surface area (TPSA) is 126 Å². The molecule has 0 fully saturated rings. The number of benzene rings is 2. The van der Waals surface area contributed by atoms with Crippen LogP contribution in [0.4, 0.5) is 16.2 Å². The first-order chi connectivity index (χ1) is 16.4. The van der Waals surface area contributed by atoms with Crippen molar-refractivity contribution in [1.29, 1.82) is 0 Å². The highest BCUT2D eigenvalue weighted by molar-refractivity contribution is 6.03. The average molecular weight is 463 g/mol. The van der Waals surface area contributed by atoms with Crippen molar-refractivity contribution < 1.29 is 23.6 Å². The van der Waals surface area contributed by atoms with E-state index in [1.807, 2.05) is 37.3 Å². The van der Waals surface area contributed by atoms with Crippen LogP contribution >= 0.6 is 0 Å². The fourth-order valence-electron chi connectivity index (χ4n) is 3.55. The minimum absolute atomic E-state index is 0.0558. The fraction of sp³-hybridized carbons (Fsp3) is 0.250. The number of aromatic nitrogens is 1. The molecule has 0 bridgehead atoms. The Balaban J connectivity index is 1.43. The van der Waals surface area contributed by atoms with Crippen molar-refractivity contribution in [2.24, 2.45) is 0 Å². The van der Waals surface area contributed by atoms with Crippen molar-refractivity contribution in [1.82, 2.24) is 15.8 Å². The van der Waals surface area contributed by atoms with Crippen LogP contribution in [0, 0.1) is 0 Å². The molecule has 4 amide bonds. The Hall–Kier alpha value is -4.34. The molecule has 1 aliphatic heterocycles. The Morgan fingerprint density at radius 3 is 2.71 bits per heavy atom. The van der Waals surface area contributed by atoms with Crippen LogP contribution in [0.3, 0.4) is 0 Å². The van der Waals surface area contributed by atoms with E-state index in [1.54, 1.807) is 31.3 Å². The van der Waals surface area contributed by atoms with Crippen molar-refractivity contribution in [2.45, 2.75) is 19.4 Å². The average Bonchev–Trinajstić information content (AvgIpc) is 3.26. The van der Waals surface area contributed by atoms with Crippen LogP contribution in [-0.4, -0.2) is 49.2 Å². The van der Waals surface area contributed by atoms with Crippen molar-refractivity contribution in [3.05, 3.63) is 71.6 Å². The van der Waals surface area contributed by atoms with Crippen molar-refractivity contribution in [3.8, 4) is 5.75 Å². The predicted octanol–water partition coefficient (Wildman–Crippen LogP) is 2.56. The molecule has 0 aliphatic carbocycles. The molecule has 0 saturated carbocycles. The highest BCUT2D eigenvalue weighted by atomic mass is 16.5. The van der Waals surface area contributed by atoms with Gasteiger partial charge in [-0.05, 0) is 30.7 Å². The summed E-state index contributed by atoms with van der Waals surface area (Å²) in [4.78, 5) is 39.0. The largest absolute Gasteiger partial charge is 0.489 e. The second-order valence-corrected chi connectivity index (χ2v) is 7.74. The molecule has 1 atom stereocenters. The molecule has 2 aromatic carbocycles. The summed E-state index contributed by atoms with van der Waals surface area (Å²) < 4.78 is 11.1. The van der Waals surface area contributed by atoms with Gasteiger partial charge in [0.25, 0.3) is 11.8 Å². The molecule has 10 nitrogen and oxygen atoms in total. The lowest BCUT2D eigenvalue weighted by molar-refractivity contribution is -0.120. The van der Waals surface area contributed by atoms with E-state index < -0.39 is 11.9 Å². The third-order valence-electron chi connectivity index (χ3n) is 5.27. The minimum Gasteiger partial charge on any atom is -0.489 e. The number of carbonyl (C=O) groups is 3. The van der Waals surface area contributed by atoms with Crippen LogP contribution in [-0.2, 0) is 11.2 Å². The highest BCUT2D eigenvalue weighted by Gasteiger charge is 2.31. The quantitative estimate of drug-likeness (QED) is 0.516. The summed E-state index contributed by atoms with van der Waals surface area (Å²) >= 11 is 0. The van der Waals surface area contributed by atoms with Gasteiger partial charge in [0.15, 0.2) is 5.69 Å². The zero-order valence-electron chi connectivity index (χ0n) is 18.8. The van der Waals surface area contributed by atoms with E-state index in [0.717, 1.165) is 5.56 Å². The van der Waals surface area contributed by atoms with Gasteiger partial charge in [-0.3, -0.25) is 9.59 Å². The normalized spacial score (nSPS) is 15.1. The summed E-state index contributed by atoms with van der Waals surface area (Å²) in [5, 5.41) is 11.9. The Labute approximate surface area is 196 Å². The van der Waals surface area contributed by atoms with Crippen LogP contribution in [0.5, 0.6) is 5.75 Å². The number of nitrogens with zero attached hydrogens (tertiary/aromatic N) is 2. The van der Waals surface area contributed by atoms with Gasteiger partial charge in [-0.1, -0.05) is 35.5 Å². The van der Waals surface area contributed by atoms with Crippen LogP contribution in [0.2, 0.25) is 0 Å². The summed E-state index contributed by atoms with van der Waals surface area (Å²) in [6.45, 7) is 2.24. The monoisotopic (exact) mass is 463 g/mol. The molecule has 4 rings (SSSR count). The second kappa shape index (κ2) is 10.1. The maximum Gasteiger partial charge on any atom is 0.319 e. The van der Waals surface area contributed by atoms with Crippen LogP contribution in [0.1, 0.15) is 28.7 Å². The van der Waals surface area contributed by atoms with E-state index in [1.165, 1.54) is 4.90 Å². The van der Waals surface area contributed by atoms with E-state index >= 15 is 0 Å². The van der Waals surface area contributed by atoms with Crippen molar-refractivity contribution >= 4 is 29.2 Å². The molecule has 0 unspecified atom stereocenters. The number of ether oxygens (including phenoxy) is 1. The fourth-order valence-corrected chi connectivity index (χ4v) is 3.55. The first-order valence-corrected chi connectivity index (χ1v) is 10.8. The Morgan fingerprint density at radius 1 is 1.15 bits per heavy atom. The second-order valence-electron chi connectivity index (χ2n) is 7.74. The number of carbonyl (C=O) groups excluding carboxylic acids is 3. The lowest BCUT2D eigenvalue weighted by Gasteiger charge is -2.20. The Morgan fingerprint density at radius 2 is 1.94 bits per heavy atom. The number of hydrogen-bond acceptors (Lipinski definition) is 6. The SMILES string of the molecule is CCNC(=O)Nc1ccc2c(c1)N(C)C(=O)[C@@H](NC(=O)c1cc(Cc3ccccc3)on1)CO2. The van der Waals surface area contributed by atoms with Gasteiger partial charge in [0, 0.05) is 31.8 Å². The number of amides is 4. The van der Waals surface area contributed by atoms with Gasteiger partial charge >= 0.3 is 6.03 Å². The molecule has 1 aliphatic rings. The molecule has 0 saturated heterocycles. The van der Waals surface area contributed by atoms with Gasteiger partial charge < -0.3 is 30.1 Å². The summed E-state index contributed by atoms with van der Waals surface area (Å²) in [6, 6.07) is 14.9. The van der Waals surface area contributed by atoms with Crippen LogP contribution in [0.15, 0.2) is 59.1 Å². The standard InChI is InChI=1S/C24H25N5O5/c1-3-25-24(32)26-16-9-10-21-20(12-16)29(2)23(31)19(14-33-21)27-22(30)18-13-17(34-28-18)11-15-7-5-4-6-8-15/h4-10,12-13,19H,3,11,14H2,1-2H3,(H,27,30)(H2,25,26,32)/t19-/m0/s1. The summed E-state index contributed by atoms with van der Waals surface area (Å²) in [5.74, 6) is 0.0929. The van der Waals surface area contributed by atoms with Crippen LogP contribution in [0.25, 0.3) is 0 Å². The number of rotatable bonds is 6. The van der Waals surface area contributed by atoms with Gasteiger partial charge in [-0.15, -0.1) is 0 Å². The number of hydrogen-bond donors (Lipinski definition) is 3. The third-order valence-corrected chi connectivity index (χ3v) is 5.27. The first kappa shape index (κ1) is 22.8. The van der Waals surface area contributed by atoms with E-state index in [9.17, 15) is 14.4 Å². The number of likely N-dealkylation sites (N-methyl/N-ethyl adjacent to an activating group) is 1. The zero-order chi connectivity index (χ0) is 24.1. The van der Waals surface area contributed by atoms with E-state index in [2.05, 4.69) is 21.1 Å². The van der Waals surface area contributed by atoms with E-state index in [4.69, 9.17) is 9.26 Å². The van der Waals surface area contributed by atoms with Gasteiger partial charge in [-0.2, -0.15) is 0 Å². The molecule has 0 radical (unpaired) electrons. The van der Waals surface area contributed by atoms with E-state index in [0.29, 0.717) is 35.9 Å². The van der Waals surface area contributed by atoms with E-state index in [-0.39, 0.29) is 24.2 Å². The van der Waals surface area contributed by atoms with Crippen molar-refractivity contribution in [2.75, 3.05) is 30.4 Å². The molecular weight excluding hydrogens is 438 g/mol. The summed E-state index contributed by atoms with van der Waals surface area (Å²) in [7, 11) is 1.58. The van der Waals surface area contributed by atoms with Gasteiger partial charge in [-0.25, -0.2) is 4.79 Å².